The lowest BCUT2D eigenvalue weighted by molar-refractivity contribution is -0.0177. The summed E-state index contributed by atoms with van der Waals surface area (Å²) in [4.78, 5) is 1.12. The van der Waals surface area contributed by atoms with Gasteiger partial charge in [0.25, 0.3) is 0 Å². The molecular weight excluding hydrogens is 242 g/mol. The molecule has 0 aromatic carbocycles. The number of hydrogen-bond donors (Lipinski definition) is 1. The molecule has 0 bridgehead atoms. The number of thiophene rings is 1. The highest BCUT2D eigenvalue weighted by Crippen LogP contribution is 2.32. The second-order valence-electron chi connectivity index (χ2n) is 3.99. The summed E-state index contributed by atoms with van der Waals surface area (Å²) in [5, 5.41) is 0. The maximum Gasteiger partial charge on any atom is 0.107 e. The summed E-state index contributed by atoms with van der Waals surface area (Å²) >= 11 is 7.50. The molecule has 1 aromatic rings. The predicted octanol–water partition coefficient (Wildman–Crippen LogP) is 4.00. The summed E-state index contributed by atoms with van der Waals surface area (Å²) in [7, 11) is 0. The van der Waals surface area contributed by atoms with Crippen LogP contribution in [0.2, 0.25) is 4.34 Å². The van der Waals surface area contributed by atoms with Gasteiger partial charge in [-0.3, -0.25) is 0 Å². The Labute approximate surface area is 107 Å². The van der Waals surface area contributed by atoms with Crippen molar-refractivity contribution >= 4 is 22.9 Å². The van der Waals surface area contributed by atoms with Crippen LogP contribution in [0.4, 0.5) is 0 Å². The van der Waals surface area contributed by atoms with Gasteiger partial charge >= 0.3 is 0 Å². The van der Waals surface area contributed by atoms with Gasteiger partial charge in [0.15, 0.2) is 0 Å². The van der Waals surface area contributed by atoms with Crippen molar-refractivity contribution in [2.45, 2.75) is 51.9 Å². The Hall–Kier alpha value is -0.0900. The monoisotopic (exact) mass is 261 g/mol. The Morgan fingerprint density at radius 3 is 2.50 bits per heavy atom. The van der Waals surface area contributed by atoms with Crippen LogP contribution >= 0.6 is 22.9 Å². The molecule has 0 aliphatic carbocycles. The molecular formula is C12H20ClNOS. The maximum absolute atomic E-state index is 6.10. The van der Waals surface area contributed by atoms with Gasteiger partial charge in [0.2, 0.25) is 0 Å². The second-order valence-corrected chi connectivity index (χ2v) is 5.74. The molecule has 0 radical (unpaired) electrons. The molecule has 0 aliphatic heterocycles. The van der Waals surface area contributed by atoms with Gasteiger partial charge in [-0.1, -0.05) is 25.4 Å². The van der Waals surface area contributed by atoms with E-state index in [4.69, 9.17) is 22.1 Å². The number of rotatable bonds is 6. The summed E-state index contributed by atoms with van der Waals surface area (Å²) in [6.07, 6.45) is 2.09. The quantitative estimate of drug-likeness (QED) is 0.840. The van der Waals surface area contributed by atoms with Crippen molar-refractivity contribution in [3.8, 4) is 0 Å². The number of halogens is 1. The second kappa shape index (κ2) is 6.60. The first-order valence-electron chi connectivity index (χ1n) is 5.74. The van der Waals surface area contributed by atoms with Gasteiger partial charge in [0.05, 0.1) is 10.4 Å². The molecule has 3 unspecified atom stereocenters. The first-order valence-corrected chi connectivity index (χ1v) is 6.94. The van der Waals surface area contributed by atoms with E-state index in [9.17, 15) is 0 Å². The lowest BCUT2D eigenvalue weighted by Gasteiger charge is -2.25. The largest absolute Gasteiger partial charge is 0.368 e. The zero-order valence-corrected chi connectivity index (χ0v) is 11.6. The average Bonchev–Trinajstić information content (AvgIpc) is 2.71. The Morgan fingerprint density at radius 1 is 1.38 bits per heavy atom. The van der Waals surface area contributed by atoms with Gasteiger partial charge in [-0.25, -0.2) is 0 Å². The van der Waals surface area contributed by atoms with E-state index in [0.717, 1.165) is 22.1 Å². The Morgan fingerprint density at radius 2 is 2.06 bits per heavy atom. The van der Waals surface area contributed by atoms with E-state index in [1.54, 1.807) is 11.3 Å². The highest BCUT2D eigenvalue weighted by atomic mass is 35.5. The molecule has 0 aliphatic rings. The van der Waals surface area contributed by atoms with E-state index in [-0.39, 0.29) is 18.2 Å². The van der Waals surface area contributed by atoms with Crippen LogP contribution in [-0.2, 0) is 4.74 Å². The molecule has 1 rings (SSSR count). The lowest BCUT2D eigenvalue weighted by atomic mass is 10.1. The summed E-state index contributed by atoms with van der Waals surface area (Å²) in [5.74, 6) is 0. The van der Waals surface area contributed by atoms with Crippen LogP contribution in [0.25, 0.3) is 0 Å². The van der Waals surface area contributed by atoms with Gasteiger partial charge in [0, 0.05) is 10.9 Å². The fraction of sp³-hybridized carbons (Fsp3) is 0.667. The zero-order chi connectivity index (χ0) is 12.1. The predicted molar refractivity (Wildman–Crippen MR) is 71.2 cm³/mol. The SMILES string of the molecule is CCC(C)OC(c1ccc(Cl)s1)C(N)CC. The first-order chi connectivity index (χ1) is 7.58. The summed E-state index contributed by atoms with van der Waals surface area (Å²) in [5.41, 5.74) is 6.10. The highest BCUT2D eigenvalue weighted by Gasteiger charge is 2.22. The van der Waals surface area contributed by atoms with Crippen LogP contribution < -0.4 is 5.73 Å². The molecule has 3 atom stereocenters. The van der Waals surface area contributed by atoms with Crippen molar-refractivity contribution < 1.29 is 4.74 Å². The smallest absolute Gasteiger partial charge is 0.107 e. The summed E-state index contributed by atoms with van der Waals surface area (Å²) < 4.78 is 6.77. The number of hydrogen-bond acceptors (Lipinski definition) is 3. The normalized spacial score (nSPS) is 17.1. The molecule has 0 saturated heterocycles. The number of nitrogens with two attached hydrogens (primary N) is 1. The van der Waals surface area contributed by atoms with Crippen LogP contribution in [0.1, 0.15) is 44.6 Å². The van der Waals surface area contributed by atoms with Crippen LogP contribution in [0.5, 0.6) is 0 Å². The van der Waals surface area contributed by atoms with E-state index in [1.807, 2.05) is 12.1 Å². The van der Waals surface area contributed by atoms with E-state index in [1.165, 1.54) is 0 Å². The van der Waals surface area contributed by atoms with Gasteiger partial charge < -0.3 is 10.5 Å². The van der Waals surface area contributed by atoms with Gasteiger partial charge in [-0.15, -0.1) is 11.3 Å². The van der Waals surface area contributed by atoms with Crippen molar-refractivity contribution in [2.24, 2.45) is 5.73 Å². The van der Waals surface area contributed by atoms with Gasteiger partial charge in [-0.05, 0) is 31.9 Å². The van der Waals surface area contributed by atoms with Gasteiger partial charge in [0.1, 0.15) is 6.10 Å². The van der Waals surface area contributed by atoms with Crippen molar-refractivity contribution in [2.75, 3.05) is 0 Å². The van der Waals surface area contributed by atoms with E-state index >= 15 is 0 Å². The first kappa shape index (κ1) is 14.0. The third-order valence-electron chi connectivity index (χ3n) is 2.69. The molecule has 2 N–H and O–H groups in total. The molecule has 16 heavy (non-hydrogen) atoms. The minimum Gasteiger partial charge on any atom is -0.368 e. The molecule has 1 aromatic heterocycles. The third-order valence-corrected chi connectivity index (χ3v) is 3.98. The number of ether oxygens (including phenoxy) is 1. The molecule has 2 nitrogen and oxygen atoms in total. The third kappa shape index (κ3) is 3.74. The van der Waals surface area contributed by atoms with Crippen LogP contribution in [0.3, 0.4) is 0 Å². The fourth-order valence-corrected chi connectivity index (χ4v) is 2.59. The minimum absolute atomic E-state index is 0.0301. The zero-order valence-electron chi connectivity index (χ0n) is 10.1. The van der Waals surface area contributed by atoms with Crippen molar-refractivity contribution in [3.63, 3.8) is 0 Å². The Kier molecular flexibility index (Phi) is 5.76. The average molecular weight is 262 g/mol. The summed E-state index contributed by atoms with van der Waals surface area (Å²) in [6.45, 7) is 6.26. The Balaban J connectivity index is 2.78. The van der Waals surface area contributed by atoms with E-state index < -0.39 is 0 Å². The molecule has 4 heteroatoms. The van der Waals surface area contributed by atoms with E-state index in [2.05, 4.69) is 20.8 Å². The molecule has 0 amide bonds. The minimum atomic E-state index is -0.0301. The Bertz CT molecular complexity index is 316. The molecule has 92 valence electrons. The van der Waals surface area contributed by atoms with Crippen LogP contribution in [-0.4, -0.2) is 12.1 Å². The summed E-state index contributed by atoms with van der Waals surface area (Å²) in [6, 6.07) is 3.94. The molecule has 1 heterocycles. The molecule has 0 fully saturated rings. The van der Waals surface area contributed by atoms with Crippen LogP contribution in [0.15, 0.2) is 12.1 Å². The van der Waals surface area contributed by atoms with E-state index in [0.29, 0.717) is 0 Å². The van der Waals surface area contributed by atoms with Crippen LogP contribution in [0, 0.1) is 0 Å². The van der Waals surface area contributed by atoms with Crippen molar-refractivity contribution in [1.29, 1.82) is 0 Å². The van der Waals surface area contributed by atoms with Crippen molar-refractivity contribution in [3.05, 3.63) is 21.3 Å². The molecule has 0 spiro atoms. The molecule has 0 saturated carbocycles. The standard InChI is InChI=1S/C12H20ClNOS/c1-4-8(3)15-12(9(14)5-2)10-6-7-11(13)16-10/h6-9,12H,4-5,14H2,1-3H3. The maximum atomic E-state index is 6.10. The highest BCUT2D eigenvalue weighted by molar-refractivity contribution is 7.16. The fourth-order valence-electron chi connectivity index (χ4n) is 1.42. The lowest BCUT2D eigenvalue weighted by Crippen LogP contribution is -2.31. The topological polar surface area (TPSA) is 35.2 Å². The van der Waals surface area contributed by atoms with Gasteiger partial charge in [-0.2, -0.15) is 0 Å². The van der Waals surface area contributed by atoms with Crippen molar-refractivity contribution in [1.82, 2.24) is 0 Å².